The van der Waals surface area contributed by atoms with Crippen LogP contribution in [0, 0.1) is 0 Å². The molecule has 0 fully saturated rings. The highest BCUT2D eigenvalue weighted by Crippen LogP contribution is 2.16. The van der Waals surface area contributed by atoms with Gasteiger partial charge in [-0.25, -0.2) is 4.98 Å². The van der Waals surface area contributed by atoms with Gasteiger partial charge in [0.05, 0.1) is 11.6 Å². The van der Waals surface area contributed by atoms with Gasteiger partial charge in [0.1, 0.15) is 11.6 Å². The van der Waals surface area contributed by atoms with E-state index in [1.165, 1.54) is 0 Å². The van der Waals surface area contributed by atoms with E-state index >= 15 is 0 Å². The van der Waals surface area contributed by atoms with E-state index in [-0.39, 0.29) is 0 Å². The molecule has 1 aromatic heterocycles. The van der Waals surface area contributed by atoms with Crippen molar-refractivity contribution in [2.75, 3.05) is 11.1 Å². The van der Waals surface area contributed by atoms with Gasteiger partial charge in [0, 0.05) is 0 Å². The van der Waals surface area contributed by atoms with E-state index in [1.54, 1.807) is 13.0 Å². The Balaban J connectivity index is 2.78. The highest BCUT2D eigenvalue weighted by atomic mass is 16.3. The Kier molecular flexibility index (Phi) is 2.96. The van der Waals surface area contributed by atoms with E-state index in [0.717, 1.165) is 0 Å². The zero-order valence-electron chi connectivity index (χ0n) is 8.78. The van der Waals surface area contributed by atoms with E-state index in [2.05, 4.69) is 10.3 Å². The summed E-state index contributed by atoms with van der Waals surface area (Å²) < 4.78 is 0. The lowest BCUT2D eigenvalue weighted by atomic mass is 9.99. The first-order valence-electron chi connectivity index (χ1n) is 4.60. The number of aliphatic hydroxyl groups is 1. The minimum Gasteiger partial charge on any atom is -0.391 e. The molecule has 0 spiro atoms. The van der Waals surface area contributed by atoms with Crippen molar-refractivity contribution in [2.24, 2.45) is 0 Å². The summed E-state index contributed by atoms with van der Waals surface area (Å²) in [6.45, 7) is 5.55. The van der Waals surface area contributed by atoms with Crippen LogP contribution >= 0.6 is 0 Å². The van der Waals surface area contributed by atoms with Gasteiger partial charge in [-0.05, 0) is 32.9 Å². The van der Waals surface area contributed by atoms with Crippen LogP contribution in [0.2, 0.25) is 0 Å². The first-order chi connectivity index (χ1) is 6.42. The lowest BCUT2D eigenvalue weighted by Crippen LogP contribution is -2.42. The molecule has 0 aliphatic heterocycles. The molecule has 78 valence electrons. The third kappa shape index (κ3) is 2.60. The first-order valence-corrected chi connectivity index (χ1v) is 4.60. The maximum atomic E-state index is 9.49. The molecule has 14 heavy (non-hydrogen) atoms. The third-order valence-electron chi connectivity index (χ3n) is 2.27. The molecular formula is C10H17N3O. The van der Waals surface area contributed by atoms with Gasteiger partial charge in [-0.15, -0.1) is 0 Å². The van der Waals surface area contributed by atoms with Crippen LogP contribution in [0.15, 0.2) is 18.2 Å². The summed E-state index contributed by atoms with van der Waals surface area (Å²) >= 11 is 0. The number of nitrogen functional groups attached to an aromatic ring is 1. The van der Waals surface area contributed by atoms with Crippen molar-refractivity contribution in [3.8, 4) is 0 Å². The molecule has 4 N–H and O–H groups in total. The Hall–Kier alpha value is -1.29. The summed E-state index contributed by atoms with van der Waals surface area (Å²) in [5, 5.41) is 12.6. The number of rotatable bonds is 3. The van der Waals surface area contributed by atoms with Crippen LogP contribution in [0.4, 0.5) is 11.6 Å². The van der Waals surface area contributed by atoms with E-state index < -0.39 is 11.6 Å². The predicted molar refractivity (Wildman–Crippen MR) is 58.0 cm³/mol. The number of aromatic nitrogens is 1. The van der Waals surface area contributed by atoms with Crippen LogP contribution in [0.25, 0.3) is 0 Å². The number of nitrogens with one attached hydrogen (secondary N) is 1. The third-order valence-corrected chi connectivity index (χ3v) is 2.27. The topological polar surface area (TPSA) is 71.2 Å². The molecule has 1 rings (SSSR count). The molecular weight excluding hydrogens is 178 g/mol. The quantitative estimate of drug-likeness (QED) is 0.678. The zero-order valence-corrected chi connectivity index (χ0v) is 8.78. The van der Waals surface area contributed by atoms with Crippen LogP contribution in [-0.2, 0) is 0 Å². The van der Waals surface area contributed by atoms with Gasteiger partial charge in [-0.1, -0.05) is 6.07 Å². The Labute approximate surface area is 84.2 Å². The number of pyridine rings is 1. The average molecular weight is 195 g/mol. The van der Waals surface area contributed by atoms with E-state index in [0.29, 0.717) is 11.6 Å². The lowest BCUT2D eigenvalue weighted by molar-refractivity contribution is 0.133. The van der Waals surface area contributed by atoms with Gasteiger partial charge >= 0.3 is 0 Å². The first kappa shape index (κ1) is 10.8. The second-order valence-corrected chi connectivity index (χ2v) is 3.97. The van der Waals surface area contributed by atoms with E-state index in [1.807, 2.05) is 26.0 Å². The molecule has 0 aliphatic rings. The van der Waals surface area contributed by atoms with Gasteiger partial charge in [0.2, 0.25) is 0 Å². The van der Waals surface area contributed by atoms with Crippen molar-refractivity contribution < 1.29 is 5.11 Å². The molecule has 0 saturated heterocycles. The Morgan fingerprint density at radius 2 is 2.14 bits per heavy atom. The predicted octanol–water partition coefficient (Wildman–Crippen LogP) is 1.24. The fourth-order valence-electron chi connectivity index (χ4n) is 0.956. The van der Waals surface area contributed by atoms with Gasteiger partial charge in [-0.2, -0.15) is 0 Å². The van der Waals surface area contributed by atoms with Gasteiger partial charge in [0.25, 0.3) is 0 Å². The maximum absolute atomic E-state index is 9.49. The summed E-state index contributed by atoms with van der Waals surface area (Å²) in [6.07, 6.45) is -0.467. The van der Waals surface area contributed by atoms with Crippen molar-refractivity contribution in [3.05, 3.63) is 18.2 Å². The molecule has 1 aromatic rings. The monoisotopic (exact) mass is 195 g/mol. The normalized spacial score (nSPS) is 13.7. The standard InChI is InChI=1S/C10H17N3O/c1-7(14)10(2,3)13-9-6-4-5-8(11)12-9/h4-7,14H,1-3H3,(H3,11,12,13). The molecule has 4 nitrogen and oxygen atoms in total. The molecule has 0 radical (unpaired) electrons. The number of nitrogens with zero attached hydrogens (tertiary/aromatic N) is 1. The fourth-order valence-corrected chi connectivity index (χ4v) is 0.956. The van der Waals surface area contributed by atoms with Crippen LogP contribution in [0.1, 0.15) is 20.8 Å². The highest BCUT2D eigenvalue weighted by molar-refractivity contribution is 5.44. The van der Waals surface area contributed by atoms with Crippen molar-refractivity contribution in [1.29, 1.82) is 0 Å². The van der Waals surface area contributed by atoms with Crippen molar-refractivity contribution >= 4 is 11.6 Å². The van der Waals surface area contributed by atoms with Crippen LogP contribution in [0.3, 0.4) is 0 Å². The van der Waals surface area contributed by atoms with Gasteiger partial charge < -0.3 is 16.2 Å². The number of hydrogen-bond donors (Lipinski definition) is 3. The average Bonchev–Trinajstić information content (AvgIpc) is 2.02. The minimum atomic E-state index is -0.467. The van der Waals surface area contributed by atoms with Crippen LogP contribution < -0.4 is 11.1 Å². The Morgan fingerprint density at radius 1 is 1.50 bits per heavy atom. The number of aliphatic hydroxyl groups excluding tert-OH is 1. The molecule has 1 unspecified atom stereocenters. The Bertz CT molecular complexity index is 310. The molecule has 0 saturated carbocycles. The number of anilines is 2. The van der Waals surface area contributed by atoms with Crippen LogP contribution in [-0.4, -0.2) is 21.7 Å². The summed E-state index contributed by atoms with van der Waals surface area (Å²) in [7, 11) is 0. The fraction of sp³-hybridized carbons (Fsp3) is 0.500. The number of nitrogens with two attached hydrogens (primary N) is 1. The molecule has 0 amide bonds. The van der Waals surface area contributed by atoms with Crippen LogP contribution in [0.5, 0.6) is 0 Å². The molecule has 1 atom stereocenters. The molecule has 0 aromatic carbocycles. The maximum Gasteiger partial charge on any atom is 0.128 e. The largest absolute Gasteiger partial charge is 0.391 e. The Morgan fingerprint density at radius 3 is 2.64 bits per heavy atom. The van der Waals surface area contributed by atoms with Crippen molar-refractivity contribution in [2.45, 2.75) is 32.4 Å². The molecule has 1 heterocycles. The van der Waals surface area contributed by atoms with Crippen molar-refractivity contribution in [3.63, 3.8) is 0 Å². The lowest BCUT2D eigenvalue weighted by Gasteiger charge is -2.29. The second-order valence-electron chi connectivity index (χ2n) is 3.97. The SMILES string of the molecule is CC(O)C(C)(C)Nc1cccc(N)n1. The molecule has 0 aliphatic carbocycles. The zero-order chi connectivity index (χ0) is 10.8. The summed E-state index contributed by atoms with van der Waals surface area (Å²) in [5.74, 6) is 1.15. The summed E-state index contributed by atoms with van der Waals surface area (Å²) in [4.78, 5) is 4.10. The minimum absolute atomic E-state index is 0.416. The van der Waals surface area contributed by atoms with E-state index in [4.69, 9.17) is 5.73 Å². The molecule has 4 heteroatoms. The summed E-state index contributed by atoms with van der Waals surface area (Å²) in [6, 6.07) is 5.36. The number of hydrogen-bond acceptors (Lipinski definition) is 4. The van der Waals surface area contributed by atoms with Crippen molar-refractivity contribution in [1.82, 2.24) is 4.98 Å². The highest BCUT2D eigenvalue weighted by Gasteiger charge is 2.23. The molecule has 0 bridgehead atoms. The summed E-state index contributed by atoms with van der Waals surface area (Å²) in [5.41, 5.74) is 5.12. The van der Waals surface area contributed by atoms with E-state index in [9.17, 15) is 5.11 Å². The van der Waals surface area contributed by atoms with Gasteiger partial charge in [0.15, 0.2) is 0 Å². The van der Waals surface area contributed by atoms with Gasteiger partial charge in [-0.3, -0.25) is 0 Å². The smallest absolute Gasteiger partial charge is 0.128 e. The second kappa shape index (κ2) is 3.84.